The molecule has 6 heavy (non-hydrogen) atoms. The summed E-state index contributed by atoms with van der Waals surface area (Å²) in [7, 11) is 7.54. The average Bonchev–Trinajstić information content (AvgIpc) is 1.35. The van der Waals surface area contributed by atoms with Gasteiger partial charge in [0, 0.05) is 0 Å². The molecule has 1 N–H and O–H groups in total. The van der Waals surface area contributed by atoms with E-state index >= 15 is 0 Å². The van der Waals surface area contributed by atoms with E-state index < -0.39 is 0 Å². The third-order valence-corrected chi connectivity index (χ3v) is 1.12. The van der Waals surface area contributed by atoms with Crippen LogP contribution in [-0.4, -0.2) is 18.4 Å². The molecule has 0 aliphatic carbocycles. The highest BCUT2D eigenvalue weighted by Crippen LogP contribution is 1.88. The molecule has 0 rings (SSSR count). The van der Waals surface area contributed by atoms with Gasteiger partial charge >= 0.3 is 8.52 Å². The highest BCUT2D eigenvalue weighted by Gasteiger charge is 1.74. The zero-order valence-electron chi connectivity index (χ0n) is 3.97. The van der Waals surface area contributed by atoms with Gasteiger partial charge < -0.3 is 0 Å². The summed E-state index contributed by atoms with van der Waals surface area (Å²) in [5.41, 5.74) is 0. The Bertz CT molecular complexity index is 56.6. The van der Waals surface area contributed by atoms with Crippen LogP contribution in [0.3, 0.4) is 0 Å². The fourth-order valence-electron chi connectivity index (χ4n) is 0.115. The average molecular weight is 123 g/mol. The summed E-state index contributed by atoms with van der Waals surface area (Å²) in [5, 5.41) is 0. The SMILES string of the molecule is C[N+](C)=PNP. The normalized spacial score (nSPS) is 9.17. The van der Waals surface area contributed by atoms with Gasteiger partial charge in [0.25, 0.3) is 0 Å². The number of nitrogens with one attached hydrogen (secondary N) is 1. The summed E-state index contributed by atoms with van der Waals surface area (Å²) in [4.78, 5) is 2.88. The second-order valence-electron chi connectivity index (χ2n) is 1.08. The van der Waals surface area contributed by atoms with Gasteiger partial charge in [0.05, 0.1) is 0 Å². The van der Waals surface area contributed by atoms with Gasteiger partial charge in [-0.25, -0.2) is 4.33 Å². The van der Waals surface area contributed by atoms with Crippen molar-refractivity contribution in [3.05, 3.63) is 0 Å². The van der Waals surface area contributed by atoms with Crippen LogP contribution in [0.5, 0.6) is 0 Å². The maximum absolute atomic E-state index is 2.88. The Labute approximate surface area is 42.1 Å². The molecule has 0 aromatic rings. The lowest BCUT2D eigenvalue weighted by atomic mass is 11.3. The molecule has 0 saturated carbocycles. The quantitative estimate of drug-likeness (QED) is 0.507. The lowest BCUT2D eigenvalue weighted by Gasteiger charge is -1.75. The van der Waals surface area contributed by atoms with Gasteiger partial charge in [0.15, 0.2) is 0 Å². The standard InChI is InChI=1S/C2H8N2P2/c1-4(2)6-3-5/h5H2,1-2H3/p+1. The molecule has 0 amide bonds. The van der Waals surface area contributed by atoms with Crippen molar-refractivity contribution in [2.45, 2.75) is 0 Å². The fraction of sp³-hybridized carbons (Fsp3) is 1.00. The second kappa shape index (κ2) is 3.67. The molecule has 0 aromatic carbocycles. The summed E-state index contributed by atoms with van der Waals surface area (Å²) in [6, 6.07) is 0. The van der Waals surface area contributed by atoms with Crippen LogP contribution in [0.15, 0.2) is 0 Å². The summed E-state index contributed by atoms with van der Waals surface area (Å²) in [6.07, 6.45) is 0. The molecule has 0 aromatic heterocycles. The van der Waals surface area contributed by atoms with Gasteiger partial charge in [0.1, 0.15) is 14.1 Å². The smallest absolute Gasteiger partial charge is 0.212 e. The lowest BCUT2D eigenvalue weighted by Crippen LogP contribution is -1.87. The van der Waals surface area contributed by atoms with Gasteiger partial charge in [-0.05, 0) is 0 Å². The first-order valence-electron chi connectivity index (χ1n) is 1.61. The third-order valence-electron chi connectivity index (χ3n) is 0.258. The summed E-state index contributed by atoms with van der Waals surface area (Å²) < 4.78 is 2.02. The van der Waals surface area contributed by atoms with Gasteiger partial charge in [0.2, 0.25) is 0 Å². The minimum Gasteiger partial charge on any atom is -0.212 e. The van der Waals surface area contributed by atoms with Crippen LogP contribution in [0.2, 0.25) is 0 Å². The molecular formula is C2H9N2P2+. The first-order valence-corrected chi connectivity index (χ1v) is 3.03. The largest absolute Gasteiger partial charge is 0.308 e. The maximum atomic E-state index is 2.88. The van der Waals surface area contributed by atoms with Crippen molar-refractivity contribution in [1.82, 2.24) is 4.86 Å². The van der Waals surface area contributed by atoms with Crippen molar-refractivity contribution < 1.29 is 4.33 Å². The minimum absolute atomic E-state index is 1.12. The van der Waals surface area contributed by atoms with Crippen molar-refractivity contribution in [3.8, 4) is 0 Å². The van der Waals surface area contributed by atoms with E-state index in [0.29, 0.717) is 0 Å². The molecule has 0 bridgehead atoms. The molecule has 36 valence electrons. The van der Waals surface area contributed by atoms with Crippen LogP contribution in [-0.2, 0) is 0 Å². The van der Waals surface area contributed by atoms with Crippen LogP contribution >= 0.6 is 17.9 Å². The third kappa shape index (κ3) is 4.49. The number of rotatable bonds is 1. The van der Waals surface area contributed by atoms with E-state index in [1.54, 1.807) is 0 Å². The predicted octanol–water partition coefficient (Wildman–Crippen LogP) is 0.683. The fourth-order valence-corrected chi connectivity index (χ4v) is 1.04. The minimum atomic E-state index is 1.12. The first-order chi connectivity index (χ1) is 2.77. The van der Waals surface area contributed by atoms with Crippen molar-refractivity contribution in [1.29, 1.82) is 0 Å². The van der Waals surface area contributed by atoms with E-state index in [4.69, 9.17) is 0 Å². The molecule has 0 fully saturated rings. The van der Waals surface area contributed by atoms with Crippen LogP contribution < -0.4 is 4.86 Å². The Morgan fingerprint density at radius 3 is 2.17 bits per heavy atom. The number of hydrogen-bond acceptors (Lipinski definition) is 0. The second-order valence-corrected chi connectivity index (χ2v) is 3.11. The Morgan fingerprint density at radius 2 is 2.17 bits per heavy atom. The van der Waals surface area contributed by atoms with Crippen LogP contribution in [0.25, 0.3) is 0 Å². The highest BCUT2D eigenvalue weighted by atomic mass is 31.1. The van der Waals surface area contributed by atoms with Crippen LogP contribution in [0.1, 0.15) is 0 Å². The maximum Gasteiger partial charge on any atom is 0.308 e. The molecule has 0 heterocycles. The molecule has 0 spiro atoms. The Kier molecular flexibility index (Phi) is 3.97. The first kappa shape index (κ1) is 6.49. The van der Waals surface area contributed by atoms with Crippen molar-refractivity contribution in [2.24, 2.45) is 0 Å². The number of nitrogens with zero attached hydrogens (tertiary/aromatic N) is 1. The van der Waals surface area contributed by atoms with Crippen molar-refractivity contribution in [2.75, 3.05) is 14.1 Å². The molecule has 0 aliphatic heterocycles. The zero-order chi connectivity index (χ0) is 4.99. The lowest BCUT2D eigenvalue weighted by molar-refractivity contribution is -0.438. The van der Waals surface area contributed by atoms with E-state index in [-0.39, 0.29) is 0 Å². The monoisotopic (exact) mass is 123 g/mol. The Hall–Kier alpha value is 0.490. The van der Waals surface area contributed by atoms with Gasteiger partial charge in [-0.1, -0.05) is 9.39 Å². The van der Waals surface area contributed by atoms with E-state index in [1.807, 2.05) is 18.4 Å². The van der Waals surface area contributed by atoms with Gasteiger partial charge in [-0.3, -0.25) is 0 Å². The van der Waals surface area contributed by atoms with Crippen LogP contribution in [0.4, 0.5) is 0 Å². The molecular weight excluding hydrogens is 114 g/mol. The zero-order valence-corrected chi connectivity index (χ0v) is 6.02. The molecule has 4 heteroatoms. The van der Waals surface area contributed by atoms with Crippen molar-refractivity contribution >= 4 is 17.9 Å². The molecule has 0 radical (unpaired) electrons. The Morgan fingerprint density at radius 1 is 1.67 bits per heavy atom. The van der Waals surface area contributed by atoms with E-state index in [2.05, 4.69) is 14.2 Å². The van der Waals surface area contributed by atoms with E-state index in [0.717, 1.165) is 8.52 Å². The summed E-state index contributed by atoms with van der Waals surface area (Å²) >= 11 is 0. The van der Waals surface area contributed by atoms with E-state index in [9.17, 15) is 0 Å². The van der Waals surface area contributed by atoms with Gasteiger partial charge in [-0.15, -0.1) is 0 Å². The van der Waals surface area contributed by atoms with Crippen LogP contribution in [0, 0.1) is 0 Å². The number of hydrogen-bond donors (Lipinski definition) is 1. The van der Waals surface area contributed by atoms with Crippen molar-refractivity contribution in [3.63, 3.8) is 0 Å². The summed E-state index contributed by atoms with van der Waals surface area (Å²) in [5.74, 6) is 0. The van der Waals surface area contributed by atoms with E-state index in [1.165, 1.54) is 0 Å². The summed E-state index contributed by atoms with van der Waals surface area (Å²) in [6.45, 7) is 0. The highest BCUT2D eigenvalue weighted by molar-refractivity contribution is 7.35. The molecule has 2 nitrogen and oxygen atoms in total. The Balaban J connectivity index is 3.14. The topological polar surface area (TPSA) is 15.0 Å². The molecule has 0 aliphatic rings. The predicted molar refractivity (Wildman–Crippen MR) is 31.9 cm³/mol. The molecule has 1 atom stereocenters. The molecule has 1 unspecified atom stereocenters. The van der Waals surface area contributed by atoms with Gasteiger partial charge in [-0.2, -0.15) is 4.86 Å². The molecule has 0 saturated heterocycles.